The van der Waals surface area contributed by atoms with Crippen molar-refractivity contribution in [3.05, 3.63) is 94.0 Å². The van der Waals surface area contributed by atoms with Crippen LogP contribution in [-0.2, 0) is 11.3 Å². The Morgan fingerprint density at radius 3 is 2.72 bits per heavy atom. The van der Waals surface area contributed by atoms with Crippen LogP contribution >= 0.6 is 11.3 Å². The third-order valence-corrected chi connectivity index (χ3v) is 5.78. The number of hydrogen-bond acceptors (Lipinski definition) is 6. The minimum atomic E-state index is -0.833. The van der Waals surface area contributed by atoms with Gasteiger partial charge in [0, 0.05) is 10.3 Å². The van der Waals surface area contributed by atoms with Gasteiger partial charge in [0.05, 0.1) is 18.4 Å². The van der Waals surface area contributed by atoms with Gasteiger partial charge in [0.15, 0.2) is 11.5 Å². The second kappa shape index (κ2) is 6.79. The fraction of sp³-hybridized carbons (Fsp3) is 0.0909. The monoisotopic (exact) mass is 405 g/mol. The van der Waals surface area contributed by atoms with E-state index in [0.29, 0.717) is 11.3 Å². The normalized spacial score (nSPS) is 16.9. The third-order valence-electron chi connectivity index (χ3n) is 4.92. The zero-order chi connectivity index (χ0) is 20.0. The van der Waals surface area contributed by atoms with Crippen molar-refractivity contribution in [1.82, 2.24) is 4.90 Å². The summed E-state index contributed by atoms with van der Waals surface area (Å²) in [6, 6.07) is 15.2. The fourth-order valence-corrected chi connectivity index (χ4v) is 4.29. The summed E-state index contributed by atoms with van der Waals surface area (Å²) in [5.41, 5.74) is 0.519. The van der Waals surface area contributed by atoms with E-state index in [9.17, 15) is 14.7 Å². The molecule has 1 amide bonds. The average molecular weight is 405 g/mol. The zero-order valence-electron chi connectivity index (χ0n) is 15.1. The first kappa shape index (κ1) is 17.5. The highest BCUT2D eigenvalue weighted by atomic mass is 32.1. The molecule has 29 heavy (non-hydrogen) atoms. The van der Waals surface area contributed by atoms with Crippen molar-refractivity contribution < 1.29 is 23.5 Å². The number of aliphatic hydroxyl groups is 1. The maximum absolute atomic E-state index is 13.3. The van der Waals surface area contributed by atoms with E-state index < -0.39 is 23.5 Å². The van der Waals surface area contributed by atoms with Gasteiger partial charge >= 0.3 is 0 Å². The predicted molar refractivity (Wildman–Crippen MR) is 107 cm³/mol. The van der Waals surface area contributed by atoms with Gasteiger partial charge in [0.1, 0.15) is 17.4 Å². The molecule has 144 valence electrons. The van der Waals surface area contributed by atoms with Gasteiger partial charge in [0.2, 0.25) is 5.78 Å². The highest BCUT2D eigenvalue weighted by molar-refractivity contribution is 7.09. The van der Waals surface area contributed by atoms with Crippen LogP contribution in [0.15, 0.2) is 86.4 Å². The number of aliphatic hydroxyl groups excluding tert-OH is 1. The van der Waals surface area contributed by atoms with E-state index in [-0.39, 0.29) is 17.9 Å². The number of Topliss-reactive ketones (excluding diaryl/α,β-unsaturated/α-hetero) is 1. The number of carbonyl (C=O) groups is 2. The molecule has 1 aliphatic rings. The number of carbonyl (C=O) groups excluding carboxylic acids is 2. The lowest BCUT2D eigenvalue weighted by Gasteiger charge is -2.24. The maximum Gasteiger partial charge on any atom is 0.290 e. The number of ketones is 1. The van der Waals surface area contributed by atoms with Crippen molar-refractivity contribution in [3.8, 4) is 0 Å². The molecule has 0 fully saturated rings. The number of thiophene rings is 1. The number of fused-ring (bicyclic) bond motifs is 1. The number of amides is 1. The lowest BCUT2D eigenvalue weighted by atomic mass is 9.99. The molecule has 0 aliphatic carbocycles. The van der Waals surface area contributed by atoms with Crippen molar-refractivity contribution in [2.24, 2.45) is 0 Å². The molecule has 7 heteroatoms. The number of para-hydroxylation sites is 1. The van der Waals surface area contributed by atoms with Gasteiger partial charge in [-0.2, -0.15) is 0 Å². The summed E-state index contributed by atoms with van der Waals surface area (Å²) >= 11 is 1.49. The Balaban J connectivity index is 1.59. The number of hydrogen-bond donors (Lipinski definition) is 1. The molecule has 0 spiro atoms. The van der Waals surface area contributed by atoms with Crippen LogP contribution in [0.5, 0.6) is 0 Å². The summed E-state index contributed by atoms with van der Waals surface area (Å²) in [5.74, 6) is -1.26. The second-order valence-electron chi connectivity index (χ2n) is 6.67. The van der Waals surface area contributed by atoms with Gasteiger partial charge in [-0.05, 0) is 35.7 Å². The number of nitrogens with zero attached hydrogens (tertiary/aromatic N) is 1. The van der Waals surface area contributed by atoms with E-state index in [1.165, 1.54) is 22.5 Å². The Labute approximate surface area is 169 Å². The molecule has 4 aromatic rings. The van der Waals surface area contributed by atoms with Crippen LogP contribution in [0.3, 0.4) is 0 Å². The standard InChI is InChI=1S/C22H15NO5S/c24-20(17-11-13-5-1-2-7-15(13)28-17)18-19(16-8-3-9-27-16)23(22(26)21(18)25)12-14-6-4-10-29-14/h1-11,19,25H,12H2. The first-order chi connectivity index (χ1) is 14.1. The van der Waals surface area contributed by atoms with Crippen LogP contribution in [0, 0.1) is 0 Å². The van der Waals surface area contributed by atoms with Crippen LogP contribution in [0.25, 0.3) is 11.0 Å². The quantitative estimate of drug-likeness (QED) is 0.479. The van der Waals surface area contributed by atoms with Gasteiger partial charge in [0.25, 0.3) is 5.91 Å². The van der Waals surface area contributed by atoms with Crippen molar-refractivity contribution in [3.63, 3.8) is 0 Å². The predicted octanol–water partition coefficient (Wildman–Crippen LogP) is 4.87. The lowest BCUT2D eigenvalue weighted by Crippen LogP contribution is -2.30. The fourth-order valence-electron chi connectivity index (χ4n) is 3.59. The minimum absolute atomic E-state index is 0.0411. The second-order valence-corrected chi connectivity index (χ2v) is 7.70. The lowest BCUT2D eigenvalue weighted by molar-refractivity contribution is -0.130. The molecule has 3 aromatic heterocycles. The molecule has 1 aliphatic heterocycles. The topological polar surface area (TPSA) is 83.9 Å². The molecule has 1 unspecified atom stereocenters. The summed E-state index contributed by atoms with van der Waals surface area (Å²) in [6.07, 6.45) is 1.47. The molecular weight excluding hydrogens is 390 g/mol. The molecule has 1 N–H and O–H groups in total. The molecule has 0 radical (unpaired) electrons. The van der Waals surface area contributed by atoms with Gasteiger partial charge in [-0.1, -0.05) is 24.3 Å². The smallest absolute Gasteiger partial charge is 0.290 e. The molecule has 0 saturated heterocycles. The van der Waals surface area contributed by atoms with E-state index in [1.54, 1.807) is 24.3 Å². The van der Waals surface area contributed by atoms with Gasteiger partial charge in [-0.25, -0.2) is 0 Å². The van der Waals surface area contributed by atoms with Gasteiger partial charge < -0.3 is 18.8 Å². The summed E-state index contributed by atoms with van der Waals surface area (Å²) in [6.45, 7) is 0.253. The molecular formula is C22H15NO5S. The summed E-state index contributed by atoms with van der Waals surface area (Å²) in [5, 5.41) is 13.3. The zero-order valence-corrected chi connectivity index (χ0v) is 15.9. The van der Waals surface area contributed by atoms with Crippen LogP contribution in [0.2, 0.25) is 0 Å². The van der Waals surface area contributed by atoms with E-state index in [0.717, 1.165) is 10.3 Å². The molecule has 1 atom stereocenters. The minimum Gasteiger partial charge on any atom is -0.503 e. The number of furan rings is 2. The van der Waals surface area contributed by atoms with Crippen LogP contribution in [0.1, 0.15) is 27.2 Å². The first-order valence-corrected chi connectivity index (χ1v) is 9.84. The summed E-state index contributed by atoms with van der Waals surface area (Å²) in [4.78, 5) is 28.5. The first-order valence-electron chi connectivity index (χ1n) is 8.96. The Morgan fingerprint density at radius 1 is 1.14 bits per heavy atom. The van der Waals surface area contributed by atoms with E-state index in [4.69, 9.17) is 8.83 Å². The van der Waals surface area contributed by atoms with Crippen LogP contribution in [0.4, 0.5) is 0 Å². The van der Waals surface area contributed by atoms with Crippen LogP contribution in [-0.4, -0.2) is 21.7 Å². The Hall–Kier alpha value is -3.58. The highest BCUT2D eigenvalue weighted by Crippen LogP contribution is 2.40. The largest absolute Gasteiger partial charge is 0.503 e. The SMILES string of the molecule is O=C(C1=C(O)C(=O)N(Cc2cccs2)C1c1ccco1)c1cc2ccccc2o1. The molecule has 0 bridgehead atoms. The molecule has 5 rings (SSSR count). The third kappa shape index (κ3) is 2.87. The number of rotatable bonds is 5. The Bertz CT molecular complexity index is 1200. The van der Waals surface area contributed by atoms with E-state index in [1.807, 2.05) is 35.7 Å². The molecule has 6 nitrogen and oxygen atoms in total. The Morgan fingerprint density at radius 2 is 2.00 bits per heavy atom. The van der Waals surface area contributed by atoms with E-state index in [2.05, 4.69) is 0 Å². The van der Waals surface area contributed by atoms with E-state index >= 15 is 0 Å². The van der Waals surface area contributed by atoms with Gasteiger partial charge in [-0.3, -0.25) is 9.59 Å². The summed E-state index contributed by atoms with van der Waals surface area (Å²) in [7, 11) is 0. The average Bonchev–Trinajstić information content (AvgIpc) is 3.51. The maximum atomic E-state index is 13.3. The molecule has 0 saturated carbocycles. The molecule has 1 aromatic carbocycles. The van der Waals surface area contributed by atoms with Gasteiger partial charge in [-0.15, -0.1) is 11.3 Å². The highest BCUT2D eigenvalue weighted by Gasteiger charge is 2.46. The van der Waals surface area contributed by atoms with Crippen molar-refractivity contribution in [2.45, 2.75) is 12.6 Å². The Kier molecular flexibility index (Phi) is 4.10. The van der Waals surface area contributed by atoms with Crippen molar-refractivity contribution in [2.75, 3.05) is 0 Å². The number of benzene rings is 1. The van der Waals surface area contributed by atoms with Crippen LogP contribution < -0.4 is 0 Å². The molecule has 4 heterocycles. The summed E-state index contributed by atoms with van der Waals surface area (Å²) < 4.78 is 11.2. The van der Waals surface area contributed by atoms with Crippen molar-refractivity contribution in [1.29, 1.82) is 0 Å². The van der Waals surface area contributed by atoms with Crippen molar-refractivity contribution >= 4 is 34.0 Å².